The van der Waals surface area contributed by atoms with Crippen molar-refractivity contribution in [2.24, 2.45) is 11.8 Å². The van der Waals surface area contributed by atoms with Gasteiger partial charge in [-0.05, 0) is 48.3 Å². The summed E-state index contributed by atoms with van der Waals surface area (Å²) in [6.45, 7) is 10.3. The van der Waals surface area contributed by atoms with Gasteiger partial charge in [0.15, 0.2) is 0 Å². The van der Waals surface area contributed by atoms with Gasteiger partial charge in [0, 0.05) is 6.04 Å². The molecule has 21 heavy (non-hydrogen) atoms. The summed E-state index contributed by atoms with van der Waals surface area (Å²) < 4.78 is 0. The maximum absolute atomic E-state index is 3.68. The molecule has 1 nitrogen and oxygen atoms in total. The van der Waals surface area contributed by atoms with Gasteiger partial charge in [-0.1, -0.05) is 71.2 Å². The minimum atomic E-state index is 0.482. The molecule has 0 bridgehead atoms. The van der Waals surface area contributed by atoms with Gasteiger partial charge >= 0.3 is 0 Å². The van der Waals surface area contributed by atoms with Crippen molar-refractivity contribution in [1.29, 1.82) is 0 Å². The van der Waals surface area contributed by atoms with Crippen LogP contribution in [-0.2, 0) is 0 Å². The highest BCUT2D eigenvalue weighted by atomic mass is 14.9. The topological polar surface area (TPSA) is 12.0 Å². The summed E-state index contributed by atoms with van der Waals surface area (Å²) in [6, 6.07) is 10.0. The summed E-state index contributed by atoms with van der Waals surface area (Å²) >= 11 is 0. The Morgan fingerprint density at radius 2 is 1.62 bits per heavy atom. The zero-order valence-electron chi connectivity index (χ0n) is 14.4. The zero-order valence-corrected chi connectivity index (χ0v) is 14.4. The van der Waals surface area contributed by atoms with Gasteiger partial charge < -0.3 is 5.32 Å². The molecule has 2 unspecified atom stereocenters. The maximum atomic E-state index is 3.68. The van der Waals surface area contributed by atoms with E-state index >= 15 is 0 Å². The lowest BCUT2D eigenvalue weighted by Crippen LogP contribution is -2.29. The van der Waals surface area contributed by atoms with Crippen LogP contribution in [0.15, 0.2) is 24.3 Å². The Kier molecular flexibility index (Phi) is 6.29. The molecule has 1 aliphatic carbocycles. The summed E-state index contributed by atoms with van der Waals surface area (Å²) in [6.07, 6.45) is 7.04. The Bertz CT molecular complexity index is 400. The van der Waals surface area contributed by atoms with Gasteiger partial charge in [-0.15, -0.1) is 0 Å². The van der Waals surface area contributed by atoms with Gasteiger partial charge in [-0.2, -0.15) is 0 Å². The molecule has 2 rings (SSSR count). The van der Waals surface area contributed by atoms with Crippen LogP contribution in [0.2, 0.25) is 0 Å². The molecule has 1 aliphatic rings. The molecule has 1 aromatic carbocycles. The summed E-state index contributed by atoms with van der Waals surface area (Å²) in [5, 5.41) is 3.68. The zero-order chi connectivity index (χ0) is 15.2. The van der Waals surface area contributed by atoms with Crippen LogP contribution in [0.25, 0.3) is 0 Å². The summed E-state index contributed by atoms with van der Waals surface area (Å²) in [5.74, 6) is 2.17. The first-order chi connectivity index (χ1) is 10.1. The molecule has 0 heterocycles. The molecule has 1 saturated carbocycles. The predicted octanol–water partition coefficient (Wildman–Crippen LogP) is 5.68. The molecular weight excluding hydrogens is 254 g/mol. The van der Waals surface area contributed by atoms with Gasteiger partial charge in [0.25, 0.3) is 0 Å². The van der Waals surface area contributed by atoms with Crippen molar-refractivity contribution < 1.29 is 0 Å². The normalized spacial score (nSPS) is 19.7. The van der Waals surface area contributed by atoms with E-state index < -0.39 is 0 Å². The highest BCUT2D eigenvalue weighted by Gasteiger charge is 2.22. The van der Waals surface area contributed by atoms with Crippen molar-refractivity contribution in [3.05, 3.63) is 35.4 Å². The quantitative estimate of drug-likeness (QED) is 0.710. The number of hydrogen-bond acceptors (Lipinski definition) is 1. The molecule has 1 heteroatoms. The summed E-state index contributed by atoms with van der Waals surface area (Å²) in [4.78, 5) is 0. The molecule has 2 atom stereocenters. The van der Waals surface area contributed by atoms with Crippen LogP contribution in [0.5, 0.6) is 0 Å². The molecule has 1 N–H and O–H groups in total. The van der Waals surface area contributed by atoms with Crippen LogP contribution in [0.4, 0.5) is 0 Å². The third-order valence-electron chi connectivity index (χ3n) is 5.37. The first kappa shape index (κ1) is 16.5. The van der Waals surface area contributed by atoms with E-state index in [0.29, 0.717) is 17.9 Å². The van der Waals surface area contributed by atoms with Crippen molar-refractivity contribution in [3.63, 3.8) is 0 Å². The molecule has 0 aliphatic heterocycles. The van der Waals surface area contributed by atoms with Gasteiger partial charge in [0.1, 0.15) is 0 Å². The fraction of sp³-hybridized carbons (Fsp3) is 0.700. The van der Waals surface area contributed by atoms with Crippen molar-refractivity contribution in [2.45, 2.75) is 71.8 Å². The van der Waals surface area contributed by atoms with Gasteiger partial charge in [0.2, 0.25) is 0 Å². The highest BCUT2D eigenvalue weighted by molar-refractivity contribution is 5.28. The van der Waals surface area contributed by atoms with E-state index in [4.69, 9.17) is 0 Å². The third-order valence-corrected chi connectivity index (χ3v) is 5.37. The Hall–Kier alpha value is -0.820. The second-order valence-electron chi connectivity index (χ2n) is 7.14. The Balaban J connectivity index is 2.11. The second kappa shape index (κ2) is 7.98. The van der Waals surface area contributed by atoms with E-state index in [0.717, 1.165) is 12.5 Å². The number of nitrogens with one attached hydrogen (secondary N) is 1. The third kappa shape index (κ3) is 4.32. The predicted molar refractivity (Wildman–Crippen MR) is 92.7 cm³/mol. The van der Waals surface area contributed by atoms with Gasteiger partial charge in [0.05, 0.1) is 0 Å². The lowest BCUT2D eigenvalue weighted by atomic mass is 9.82. The Morgan fingerprint density at radius 1 is 1.00 bits per heavy atom. The highest BCUT2D eigenvalue weighted by Crippen LogP contribution is 2.34. The van der Waals surface area contributed by atoms with Gasteiger partial charge in [-0.3, -0.25) is 0 Å². The summed E-state index contributed by atoms with van der Waals surface area (Å²) in [7, 11) is 0. The number of rotatable bonds is 6. The fourth-order valence-electron chi connectivity index (χ4n) is 3.62. The second-order valence-corrected chi connectivity index (χ2v) is 7.14. The van der Waals surface area contributed by atoms with Crippen LogP contribution >= 0.6 is 0 Å². The molecule has 0 aromatic heterocycles. The standard InChI is InChI=1S/C20H33N/c1-5-21-20(16(4)15(2)3)19-13-11-18(12-14-19)17-9-7-6-8-10-17/h11-17,20-21H,5-10H2,1-4H3. The number of benzene rings is 1. The van der Waals surface area contributed by atoms with E-state index in [2.05, 4.69) is 57.3 Å². The van der Waals surface area contributed by atoms with Crippen molar-refractivity contribution in [2.75, 3.05) is 6.54 Å². The van der Waals surface area contributed by atoms with Crippen LogP contribution in [-0.4, -0.2) is 6.54 Å². The minimum absolute atomic E-state index is 0.482. The molecule has 0 spiro atoms. The molecule has 1 aromatic rings. The molecule has 0 amide bonds. The van der Waals surface area contributed by atoms with E-state index in [-0.39, 0.29) is 0 Å². The minimum Gasteiger partial charge on any atom is -0.310 e. The average Bonchev–Trinajstić information content (AvgIpc) is 2.53. The van der Waals surface area contributed by atoms with Crippen LogP contribution in [0, 0.1) is 11.8 Å². The van der Waals surface area contributed by atoms with Crippen LogP contribution in [0.1, 0.15) is 82.9 Å². The van der Waals surface area contributed by atoms with Crippen LogP contribution < -0.4 is 5.32 Å². The first-order valence-corrected chi connectivity index (χ1v) is 8.96. The Morgan fingerprint density at radius 3 is 2.14 bits per heavy atom. The van der Waals surface area contributed by atoms with Crippen molar-refractivity contribution in [1.82, 2.24) is 5.32 Å². The fourth-order valence-corrected chi connectivity index (χ4v) is 3.62. The first-order valence-electron chi connectivity index (χ1n) is 8.96. The maximum Gasteiger partial charge on any atom is 0.0348 e. The largest absolute Gasteiger partial charge is 0.310 e. The smallest absolute Gasteiger partial charge is 0.0348 e. The van der Waals surface area contributed by atoms with E-state index in [1.54, 1.807) is 5.56 Å². The lowest BCUT2D eigenvalue weighted by molar-refractivity contribution is 0.307. The van der Waals surface area contributed by atoms with E-state index in [1.165, 1.54) is 37.7 Å². The summed E-state index contributed by atoms with van der Waals surface area (Å²) in [5.41, 5.74) is 3.02. The molecule has 0 saturated heterocycles. The molecular formula is C20H33N. The van der Waals surface area contributed by atoms with Gasteiger partial charge in [-0.25, -0.2) is 0 Å². The molecule has 1 fully saturated rings. The average molecular weight is 287 g/mol. The molecule has 118 valence electrons. The van der Waals surface area contributed by atoms with E-state index in [1.807, 2.05) is 0 Å². The van der Waals surface area contributed by atoms with Crippen molar-refractivity contribution >= 4 is 0 Å². The monoisotopic (exact) mass is 287 g/mol. The Labute approximate surface area is 131 Å². The van der Waals surface area contributed by atoms with E-state index in [9.17, 15) is 0 Å². The lowest BCUT2D eigenvalue weighted by Gasteiger charge is -2.29. The SMILES string of the molecule is CCNC(c1ccc(C2CCCCC2)cc1)C(C)C(C)C. The van der Waals surface area contributed by atoms with Crippen LogP contribution in [0.3, 0.4) is 0 Å². The number of hydrogen-bond donors (Lipinski definition) is 1. The van der Waals surface area contributed by atoms with Crippen molar-refractivity contribution in [3.8, 4) is 0 Å². The molecule has 0 radical (unpaired) electrons.